The summed E-state index contributed by atoms with van der Waals surface area (Å²) in [5, 5.41) is 0. The molecule has 1 heterocycles. The van der Waals surface area contributed by atoms with Gasteiger partial charge < -0.3 is 10.5 Å². The minimum absolute atomic E-state index is 0.0201. The lowest BCUT2D eigenvalue weighted by Crippen LogP contribution is -2.47. The van der Waals surface area contributed by atoms with Crippen molar-refractivity contribution in [3.8, 4) is 5.75 Å². The van der Waals surface area contributed by atoms with Crippen molar-refractivity contribution in [3.63, 3.8) is 0 Å². The highest BCUT2D eigenvalue weighted by Crippen LogP contribution is 2.37. The van der Waals surface area contributed by atoms with Crippen LogP contribution in [0.3, 0.4) is 0 Å². The van der Waals surface area contributed by atoms with Crippen LogP contribution in [0.4, 0.5) is 5.69 Å². The van der Waals surface area contributed by atoms with Gasteiger partial charge in [0.1, 0.15) is 10.6 Å². The Morgan fingerprint density at radius 1 is 1.29 bits per heavy atom. The molecule has 118 valence electrons. The summed E-state index contributed by atoms with van der Waals surface area (Å²) in [7, 11) is -2.18. The van der Waals surface area contributed by atoms with Crippen LogP contribution in [-0.2, 0) is 10.0 Å². The number of nitrogens with two attached hydrogens (primary N) is 1. The van der Waals surface area contributed by atoms with Gasteiger partial charge in [0.2, 0.25) is 10.0 Å². The molecule has 7 heteroatoms. The van der Waals surface area contributed by atoms with Crippen molar-refractivity contribution in [3.05, 3.63) is 16.6 Å². The van der Waals surface area contributed by atoms with Gasteiger partial charge in [-0.1, -0.05) is 6.42 Å². The van der Waals surface area contributed by atoms with E-state index in [2.05, 4.69) is 15.9 Å². The van der Waals surface area contributed by atoms with Crippen LogP contribution >= 0.6 is 15.9 Å². The number of nitrogen functional groups attached to an aromatic ring is 1. The summed E-state index contributed by atoms with van der Waals surface area (Å²) in [5.74, 6) is 0.307. The minimum Gasteiger partial charge on any atom is -0.495 e. The number of hydrogen-bond donors (Lipinski definition) is 1. The molecule has 0 saturated carbocycles. The average molecular weight is 377 g/mol. The van der Waals surface area contributed by atoms with Crippen LogP contribution in [0.25, 0.3) is 0 Å². The quantitative estimate of drug-likeness (QED) is 0.822. The lowest BCUT2D eigenvalue weighted by Gasteiger charge is -2.37. The zero-order valence-electron chi connectivity index (χ0n) is 12.5. The largest absolute Gasteiger partial charge is 0.495 e. The zero-order chi connectivity index (χ0) is 15.8. The number of methoxy groups -OCH3 is 1. The van der Waals surface area contributed by atoms with Crippen LogP contribution < -0.4 is 10.5 Å². The number of piperidine rings is 1. The van der Waals surface area contributed by atoms with E-state index in [-0.39, 0.29) is 17.0 Å². The van der Waals surface area contributed by atoms with Crippen molar-refractivity contribution in [2.45, 2.75) is 50.1 Å². The molecule has 2 atom stereocenters. The number of ether oxygens (including phenoxy) is 1. The SMILES string of the molecule is COc1cc(Br)c(N)cc1S(=O)(=O)N1C(C)CCCC1C. The molecule has 0 radical (unpaired) electrons. The van der Waals surface area contributed by atoms with Gasteiger partial charge in [-0.25, -0.2) is 8.42 Å². The topological polar surface area (TPSA) is 72.6 Å². The predicted octanol–water partition coefficient (Wildman–Crippen LogP) is 2.99. The Balaban J connectivity index is 2.55. The number of rotatable bonds is 3. The van der Waals surface area contributed by atoms with Crippen LogP contribution in [0, 0.1) is 0 Å². The fourth-order valence-electron chi connectivity index (χ4n) is 2.90. The second-order valence-corrected chi connectivity index (χ2v) is 8.15. The Morgan fingerprint density at radius 3 is 2.38 bits per heavy atom. The first-order chi connectivity index (χ1) is 9.78. The summed E-state index contributed by atoms with van der Waals surface area (Å²) in [6.45, 7) is 3.89. The summed E-state index contributed by atoms with van der Waals surface area (Å²) in [6.07, 6.45) is 2.80. The Kier molecular flexibility index (Phi) is 4.85. The van der Waals surface area contributed by atoms with E-state index in [9.17, 15) is 8.42 Å². The number of sulfonamides is 1. The van der Waals surface area contributed by atoms with Gasteiger partial charge in [-0.15, -0.1) is 0 Å². The molecule has 0 bridgehead atoms. The Labute approximate surface area is 134 Å². The van der Waals surface area contributed by atoms with Crippen molar-refractivity contribution < 1.29 is 13.2 Å². The third-order valence-electron chi connectivity index (χ3n) is 3.95. The normalized spacial score (nSPS) is 24.0. The molecule has 1 saturated heterocycles. The molecular weight excluding hydrogens is 356 g/mol. The highest BCUT2D eigenvalue weighted by molar-refractivity contribution is 9.10. The van der Waals surface area contributed by atoms with E-state index in [1.54, 1.807) is 10.4 Å². The molecule has 5 nitrogen and oxygen atoms in total. The molecule has 2 unspecified atom stereocenters. The van der Waals surface area contributed by atoms with Gasteiger partial charge >= 0.3 is 0 Å². The Bertz CT molecular complexity index is 623. The van der Waals surface area contributed by atoms with Crippen molar-refractivity contribution in [1.29, 1.82) is 0 Å². The Hall–Kier alpha value is -0.790. The van der Waals surface area contributed by atoms with Crippen molar-refractivity contribution in [1.82, 2.24) is 4.31 Å². The van der Waals surface area contributed by atoms with E-state index in [0.29, 0.717) is 15.9 Å². The highest BCUT2D eigenvalue weighted by Gasteiger charge is 2.37. The first kappa shape index (κ1) is 16.6. The van der Waals surface area contributed by atoms with E-state index in [4.69, 9.17) is 10.5 Å². The molecule has 2 rings (SSSR count). The predicted molar refractivity (Wildman–Crippen MR) is 86.9 cm³/mol. The Morgan fingerprint density at radius 2 is 1.86 bits per heavy atom. The maximum absolute atomic E-state index is 13.0. The maximum Gasteiger partial charge on any atom is 0.247 e. The lowest BCUT2D eigenvalue weighted by atomic mass is 10.0. The molecule has 1 aromatic rings. The van der Waals surface area contributed by atoms with Crippen LogP contribution in [0.2, 0.25) is 0 Å². The van der Waals surface area contributed by atoms with E-state index >= 15 is 0 Å². The first-order valence-corrected chi connectivity index (χ1v) is 9.19. The molecular formula is C14H21BrN2O3S. The van der Waals surface area contributed by atoms with Crippen LogP contribution in [0.5, 0.6) is 5.75 Å². The third-order valence-corrected chi connectivity index (χ3v) is 6.79. The molecule has 1 aliphatic heterocycles. The molecule has 1 fully saturated rings. The highest BCUT2D eigenvalue weighted by atomic mass is 79.9. The van der Waals surface area contributed by atoms with E-state index in [1.165, 1.54) is 13.2 Å². The summed E-state index contributed by atoms with van der Waals surface area (Å²) in [5.41, 5.74) is 6.24. The van der Waals surface area contributed by atoms with Gasteiger partial charge in [-0.05, 0) is 54.8 Å². The number of hydrogen-bond acceptors (Lipinski definition) is 4. The standard InChI is InChI=1S/C14H21BrN2O3S/c1-9-5-4-6-10(2)17(9)21(18,19)14-8-12(16)11(15)7-13(14)20-3/h7-10H,4-6,16H2,1-3H3. The zero-order valence-corrected chi connectivity index (χ0v) is 14.9. The van der Waals surface area contributed by atoms with E-state index in [1.807, 2.05) is 13.8 Å². The summed E-state index contributed by atoms with van der Waals surface area (Å²) in [6, 6.07) is 3.02. The lowest BCUT2D eigenvalue weighted by molar-refractivity contribution is 0.203. The molecule has 21 heavy (non-hydrogen) atoms. The molecule has 0 aliphatic carbocycles. The van der Waals surface area contributed by atoms with Crippen molar-refractivity contribution in [2.75, 3.05) is 12.8 Å². The van der Waals surface area contributed by atoms with Crippen LogP contribution in [-0.4, -0.2) is 31.9 Å². The van der Waals surface area contributed by atoms with E-state index < -0.39 is 10.0 Å². The third kappa shape index (κ3) is 3.05. The fraction of sp³-hybridized carbons (Fsp3) is 0.571. The molecule has 0 aromatic heterocycles. The second kappa shape index (κ2) is 6.14. The molecule has 0 spiro atoms. The van der Waals surface area contributed by atoms with Gasteiger partial charge in [-0.2, -0.15) is 4.31 Å². The van der Waals surface area contributed by atoms with Crippen LogP contribution in [0.1, 0.15) is 33.1 Å². The van der Waals surface area contributed by atoms with Crippen LogP contribution in [0.15, 0.2) is 21.5 Å². The van der Waals surface area contributed by atoms with Gasteiger partial charge in [0.25, 0.3) is 0 Å². The van der Waals surface area contributed by atoms with Gasteiger partial charge in [0.05, 0.1) is 7.11 Å². The van der Waals surface area contributed by atoms with Gasteiger partial charge in [0, 0.05) is 22.2 Å². The summed E-state index contributed by atoms with van der Waals surface area (Å²) >= 11 is 3.29. The number of anilines is 1. The first-order valence-electron chi connectivity index (χ1n) is 6.95. The number of halogens is 1. The van der Waals surface area contributed by atoms with Crippen molar-refractivity contribution >= 4 is 31.6 Å². The monoisotopic (exact) mass is 376 g/mol. The molecule has 1 aromatic carbocycles. The fourth-order valence-corrected chi connectivity index (χ4v) is 5.28. The van der Waals surface area contributed by atoms with Crippen molar-refractivity contribution in [2.24, 2.45) is 0 Å². The minimum atomic E-state index is -3.63. The maximum atomic E-state index is 13.0. The molecule has 0 amide bonds. The average Bonchev–Trinajstić information content (AvgIpc) is 2.40. The summed E-state index contributed by atoms with van der Waals surface area (Å²) < 4.78 is 33.5. The second-order valence-electron chi connectivity index (χ2n) is 5.49. The number of nitrogens with zero attached hydrogens (tertiary/aromatic N) is 1. The van der Waals surface area contributed by atoms with Gasteiger partial charge in [-0.3, -0.25) is 0 Å². The smallest absolute Gasteiger partial charge is 0.247 e. The molecule has 1 aliphatic rings. The number of benzene rings is 1. The van der Waals surface area contributed by atoms with E-state index in [0.717, 1.165) is 19.3 Å². The molecule has 2 N–H and O–H groups in total. The summed E-state index contributed by atoms with van der Waals surface area (Å²) in [4.78, 5) is 0.131. The van der Waals surface area contributed by atoms with Gasteiger partial charge in [0.15, 0.2) is 0 Å².